The molecule has 0 bridgehead atoms. The number of carbonyl (C=O) groups excluding carboxylic acids is 2. The number of fused-ring (bicyclic) bond motifs is 1. The summed E-state index contributed by atoms with van der Waals surface area (Å²) >= 11 is 3.68. The van der Waals surface area contributed by atoms with Gasteiger partial charge in [-0.25, -0.2) is 9.48 Å². The van der Waals surface area contributed by atoms with Crippen molar-refractivity contribution in [2.75, 3.05) is 6.54 Å². The molecule has 1 saturated heterocycles. The summed E-state index contributed by atoms with van der Waals surface area (Å²) in [6.07, 6.45) is 3.34. The van der Waals surface area contributed by atoms with E-state index >= 15 is 0 Å². The van der Waals surface area contributed by atoms with Crippen molar-refractivity contribution in [2.45, 2.75) is 71.4 Å². The van der Waals surface area contributed by atoms with Gasteiger partial charge < -0.3 is 18.6 Å². The van der Waals surface area contributed by atoms with E-state index in [-0.39, 0.29) is 25.0 Å². The molecule has 1 aliphatic heterocycles. The number of amides is 2. The molecule has 0 saturated carbocycles. The van der Waals surface area contributed by atoms with Gasteiger partial charge in [-0.1, -0.05) is 81.8 Å². The molecule has 3 aromatic heterocycles. The highest BCUT2D eigenvalue weighted by atomic mass is 79.9. The van der Waals surface area contributed by atoms with Gasteiger partial charge in [0.25, 0.3) is 0 Å². The summed E-state index contributed by atoms with van der Waals surface area (Å²) < 4.78 is 16.5. The van der Waals surface area contributed by atoms with Gasteiger partial charge in [0.2, 0.25) is 5.91 Å². The molecule has 262 valence electrons. The molecule has 11 heteroatoms. The minimum Gasteiger partial charge on any atom is -0.467 e. The summed E-state index contributed by atoms with van der Waals surface area (Å²) in [7, 11) is 0. The Bertz CT molecular complexity index is 2150. The molecular weight excluding hydrogens is 708 g/mol. The number of benzene rings is 3. The molecule has 1 fully saturated rings. The monoisotopic (exact) mass is 748 g/mol. The molecule has 0 spiro atoms. The fourth-order valence-corrected chi connectivity index (χ4v) is 7.33. The molecule has 1 aliphatic rings. The fraction of sp³-hybridized carbons (Fsp3) is 0.300. The first-order valence-electron chi connectivity index (χ1n) is 17.1. The van der Waals surface area contributed by atoms with Crippen LogP contribution in [0.15, 0.2) is 112 Å². The van der Waals surface area contributed by atoms with Crippen LogP contribution in [0.25, 0.3) is 22.2 Å². The van der Waals surface area contributed by atoms with E-state index in [2.05, 4.69) is 61.1 Å². The summed E-state index contributed by atoms with van der Waals surface area (Å²) in [5.74, 6) is 0.456. The van der Waals surface area contributed by atoms with E-state index in [1.54, 1.807) is 26.8 Å². The molecular formula is C40H41BrN6O4. The smallest absolute Gasteiger partial charge is 0.411 e. The lowest BCUT2D eigenvalue weighted by Crippen LogP contribution is -2.48. The number of ether oxygens (including phenoxy) is 1. The van der Waals surface area contributed by atoms with Gasteiger partial charge in [-0.2, -0.15) is 0 Å². The number of aryl methyl sites for hydroxylation is 1. The second kappa shape index (κ2) is 14.2. The Kier molecular flexibility index (Phi) is 9.56. The van der Waals surface area contributed by atoms with Crippen molar-refractivity contribution in [1.82, 2.24) is 29.4 Å². The van der Waals surface area contributed by atoms with Gasteiger partial charge >= 0.3 is 6.09 Å². The number of nitrogens with zero attached hydrogens (tertiary/aromatic N) is 6. The number of hydrogen-bond acceptors (Lipinski definition) is 6. The zero-order valence-corrected chi connectivity index (χ0v) is 30.8. The second-order valence-electron chi connectivity index (χ2n) is 14.1. The lowest BCUT2D eigenvalue weighted by molar-refractivity contribution is -0.137. The Balaban J connectivity index is 1.18. The number of likely N-dealkylation sites (tertiary alicyclic amines) is 1. The molecule has 0 aliphatic carbocycles. The summed E-state index contributed by atoms with van der Waals surface area (Å²) in [6, 6.07) is 29.5. The lowest BCUT2D eigenvalue weighted by Gasteiger charge is -2.31. The number of furan rings is 1. The number of halogens is 1. The van der Waals surface area contributed by atoms with Crippen molar-refractivity contribution in [1.29, 1.82) is 0 Å². The van der Waals surface area contributed by atoms with Crippen LogP contribution in [-0.2, 0) is 29.2 Å². The maximum atomic E-state index is 14.6. The Morgan fingerprint density at radius 1 is 0.980 bits per heavy atom. The highest BCUT2D eigenvalue weighted by molar-refractivity contribution is 9.10. The van der Waals surface area contributed by atoms with Crippen molar-refractivity contribution in [3.05, 3.63) is 131 Å². The van der Waals surface area contributed by atoms with E-state index in [4.69, 9.17) is 9.15 Å². The number of carbonyl (C=O) groups is 2. The fourth-order valence-electron chi connectivity index (χ4n) is 6.72. The van der Waals surface area contributed by atoms with Gasteiger partial charge in [0.05, 0.1) is 31.6 Å². The molecule has 10 nitrogen and oxygen atoms in total. The molecule has 7 rings (SSSR count). The van der Waals surface area contributed by atoms with Gasteiger partial charge in [-0.15, -0.1) is 5.10 Å². The van der Waals surface area contributed by atoms with Crippen molar-refractivity contribution in [3.63, 3.8) is 0 Å². The van der Waals surface area contributed by atoms with E-state index in [9.17, 15) is 9.59 Å². The molecule has 51 heavy (non-hydrogen) atoms. The van der Waals surface area contributed by atoms with Crippen LogP contribution in [-0.4, -0.2) is 59.5 Å². The van der Waals surface area contributed by atoms with Crippen molar-refractivity contribution in [3.8, 4) is 11.3 Å². The van der Waals surface area contributed by atoms with Gasteiger partial charge in [0, 0.05) is 40.6 Å². The minimum absolute atomic E-state index is 0.195. The van der Waals surface area contributed by atoms with Crippen molar-refractivity contribution < 1.29 is 18.7 Å². The molecule has 1 unspecified atom stereocenters. The van der Waals surface area contributed by atoms with Crippen LogP contribution in [0.2, 0.25) is 0 Å². The quantitative estimate of drug-likeness (QED) is 0.147. The number of rotatable bonds is 9. The van der Waals surface area contributed by atoms with Crippen molar-refractivity contribution >= 4 is 38.8 Å². The normalized spacial score (nSPS) is 16.1. The predicted octanol–water partition coefficient (Wildman–Crippen LogP) is 8.39. The molecule has 0 radical (unpaired) electrons. The van der Waals surface area contributed by atoms with Crippen LogP contribution >= 0.6 is 15.9 Å². The Hall–Kier alpha value is -5.16. The third kappa shape index (κ3) is 7.63. The third-order valence-corrected chi connectivity index (χ3v) is 9.87. The highest BCUT2D eigenvalue weighted by Crippen LogP contribution is 2.33. The Labute approximate surface area is 305 Å². The summed E-state index contributed by atoms with van der Waals surface area (Å²) in [5.41, 5.74) is 5.40. The number of aromatic nitrogens is 4. The molecule has 0 N–H and O–H groups in total. The van der Waals surface area contributed by atoms with E-state index in [1.165, 1.54) is 0 Å². The molecule has 6 aromatic rings. The van der Waals surface area contributed by atoms with Crippen LogP contribution in [0.3, 0.4) is 0 Å². The van der Waals surface area contributed by atoms with Gasteiger partial charge in [-0.05, 0) is 74.7 Å². The first kappa shape index (κ1) is 34.3. The van der Waals surface area contributed by atoms with Gasteiger partial charge in [0.15, 0.2) is 0 Å². The van der Waals surface area contributed by atoms with E-state index in [0.717, 1.165) is 43.5 Å². The zero-order chi connectivity index (χ0) is 35.7. The minimum atomic E-state index is -0.783. The zero-order valence-electron chi connectivity index (χ0n) is 29.2. The van der Waals surface area contributed by atoms with Crippen LogP contribution in [0.4, 0.5) is 4.79 Å². The van der Waals surface area contributed by atoms with Crippen LogP contribution in [0, 0.1) is 6.92 Å². The van der Waals surface area contributed by atoms with Crippen LogP contribution < -0.4 is 0 Å². The number of para-hydroxylation sites is 1. The average molecular weight is 750 g/mol. The first-order chi connectivity index (χ1) is 24.5. The maximum absolute atomic E-state index is 14.6. The van der Waals surface area contributed by atoms with Gasteiger partial charge in [0.1, 0.15) is 23.1 Å². The molecule has 3 aromatic carbocycles. The summed E-state index contributed by atoms with van der Waals surface area (Å²) in [4.78, 5) is 31.6. The maximum Gasteiger partial charge on any atom is 0.411 e. The van der Waals surface area contributed by atoms with Crippen molar-refractivity contribution in [2.24, 2.45) is 0 Å². The standard InChI is InChI=1S/C40H41BrN6O4/c1-27-16-17-30(34(41)19-27)22-44(26-33-14-10-18-50-33)38(48)37-21-32(25-46(37)39(49)51-40(2,3)4)47-24-31(42-43-47)23-45-35-15-9-8-13-29(35)20-36(45)28-11-6-5-7-12-28/h5-20,24,32,37H,21-23,25-26H2,1-4H3/t32?,37-/m0/s1. The predicted molar refractivity (Wildman–Crippen MR) is 199 cm³/mol. The Morgan fingerprint density at radius 2 is 1.76 bits per heavy atom. The van der Waals surface area contributed by atoms with E-state index in [0.29, 0.717) is 25.3 Å². The lowest BCUT2D eigenvalue weighted by atomic mass is 10.1. The Morgan fingerprint density at radius 3 is 2.51 bits per heavy atom. The van der Waals surface area contributed by atoms with Gasteiger partial charge in [-0.3, -0.25) is 9.69 Å². The molecule has 4 heterocycles. The highest BCUT2D eigenvalue weighted by Gasteiger charge is 2.44. The number of hydrogen-bond donors (Lipinski definition) is 0. The van der Waals surface area contributed by atoms with Crippen LogP contribution in [0.1, 0.15) is 55.8 Å². The van der Waals surface area contributed by atoms with E-state index in [1.807, 2.05) is 88.5 Å². The average Bonchev–Trinajstić information content (AvgIpc) is 3.92. The topological polar surface area (TPSA) is 98.6 Å². The van der Waals surface area contributed by atoms with Crippen LogP contribution in [0.5, 0.6) is 0 Å². The largest absolute Gasteiger partial charge is 0.467 e. The summed E-state index contributed by atoms with van der Waals surface area (Å²) in [5, 5.41) is 10.3. The second-order valence-corrected chi connectivity index (χ2v) is 15.0. The molecule has 2 atom stereocenters. The first-order valence-corrected chi connectivity index (χ1v) is 17.9. The molecule has 2 amide bonds. The SMILES string of the molecule is Cc1ccc(CN(Cc2ccco2)C(=O)[C@@H]2CC(n3cc(Cn4c(-c5ccccc5)cc5ccccc54)nn3)CN2C(=O)OC(C)(C)C)c(Br)c1. The third-order valence-electron chi connectivity index (χ3n) is 9.13. The van der Waals surface area contributed by atoms with E-state index < -0.39 is 17.7 Å². The summed E-state index contributed by atoms with van der Waals surface area (Å²) in [6.45, 7) is 8.83.